The van der Waals surface area contributed by atoms with E-state index >= 15 is 4.39 Å². The number of aliphatic carboxylic acids is 1. The van der Waals surface area contributed by atoms with Gasteiger partial charge in [0, 0.05) is 78.6 Å². The lowest BCUT2D eigenvalue weighted by atomic mass is 9.81. The number of urea groups is 1. The zero-order valence-corrected chi connectivity index (χ0v) is 62.2. The number of nitrogens with two attached hydrogens (primary N) is 1. The van der Waals surface area contributed by atoms with Gasteiger partial charge in [-0.2, -0.15) is 0 Å². The number of carbonyl (C=O) groups is 13. The molecular weight excluding hydrogens is 1450 g/mol. The number of primary amides is 1. The molecule has 4 aliphatic heterocycles. The minimum atomic E-state index is -2.08. The van der Waals surface area contributed by atoms with Gasteiger partial charge >= 0.3 is 24.1 Å². The van der Waals surface area contributed by atoms with E-state index in [2.05, 4.69) is 53.2 Å². The number of esters is 1. The molecule has 17 N–H and O–H groups in total. The Morgan fingerprint density at radius 1 is 0.757 bits per heavy atom. The number of nitrogens with one attached hydrogen (secondary N) is 11. The summed E-state index contributed by atoms with van der Waals surface area (Å²) in [7, 11) is 0. The first-order valence-corrected chi connectivity index (χ1v) is 36.9. The highest BCUT2D eigenvalue weighted by Crippen LogP contribution is 2.46. The molecule has 1 aliphatic carbocycles. The molecule has 0 unspecified atom stereocenters. The molecule has 0 bridgehead atoms. The maximum atomic E-state index is 15.6. The number of benzene rings is 2. The number of alkyl carbamates (subject to hydrolysis) is 1. The normalized spacial score (nSPS) is 19.7. The van der Waals surface area contributed by atoms with Gasteiger partial charge in [-0.05, 0) is 118 Å². The number of pyridine rings is 2. The molecule has 2 aromatic heterocycles. The van der Waals surface area contributed by atoms with Crippen LogP contribution in [0.5, 0.6) is 0 Å². The fraction of sp³-hybridized carbons (Fsp3) is 0.527. The quantitative estimate of drug-likeness (QED) is 0.0129. The molecule has 9 rings (SSSR count). The summed E-state index contributed by atoms with van der Waals surface area (Å²) in [5.74, 6) is -8.35. The summed E-state index contributed by atoms with van der Waals surface area (Å²) in [6, 6.07) is 4.82. The van der Waals surface area contributed by atoms with Crippen LogP contribution < -0.4 is 69.8 Å². The largest absolute Gasteiger partial charge is 0.480 e. The number of carboxylic acid groups (broad SMARTS) is 1. The molecule has 10 atom stereocenters. The zero-order chi connectivity index (χ0) is 80.5. The number of ether oxygens (including phenoxy) is 3. The number of halogens is 1. The van der Waals surface area contributed by atoms with Crippen molar-refractivity contribution in [3.05, 3.63) is 104 Å². The first-order chi connectivity index (χ1) is 52.8. The number of hydrogen-bond acceptors (Lipinski definition) is 23. The first kappa shape index (κ1) is 84.2. The lowest BCUT2D eigenvalue weighted by molar-refractivity contribution is -0.172. The van der Waals surface area contributed by atoms with Crippen molar-refractivity contribution in [2.75, 3.05) is 57.7 Å². The minimum absolute atomic E-state index is 0.0321. The average molecular weight is 1550 g/mol. The maximum absolute atomic E-state index is 15.6. The summed E-state index contributed by atoms with van der Waals surface area (Å²) >= 11 is 0. The molecule has 1 fully saturated rings. The van der Waals surface area contributed by atoms with Crippen molar-refractivity contribution in [2.45, 2.75) is 192 Å². The van der Waals surface area contributed by atoms with Crippen LogP contribution in [0.15, 0.2) is 53.3 Å². The summed E-state index contributed by atoms with van der Waals surface area (Å²) in [5, 5.41) is 72.0. The van der Waals surface area contributed by atoms with Gasteiger partial charge in [0.15, 0.2) is 5.60 Å². The second-order valence-corrected chi connectivity index (χ2v) is 28.4. The van der Waals surface area contributed by atoms with E-state index < -0.39 is 170 Å². The second kappa shape index (κ2) is 38.2. The molecule has 36 nitrogen and oxygen atoms in total. The van der Waals surface area contributed by atoms with Gasteiger partial charge in [0.25, 0.3) is 17.4 Å². The summed E-state index contributed by atoms with van der Waals surface area (Å²) in [6.45, 7) is 6.25. The van der Waals surface area contributed by atoms with Crippen molar-refractivity contribution in [3.63, 3.8) is 0 Å². The Hall–Kier alpha value is -10.9. The van der Waals surface area contributed by atoms with Crippen molar-refractivity contribution in [2.24, 2.45) is 11.7 Å². The number of amides is 12. The van der Waals surface area contributed by atoms with Gasteiger partial charge in [-0.15, -0.1) is 0 Å². The number of aliphatic hydroxyl groups excluding tert-OH is 2. The Kier molecular flexibility index (Phi) is 29.0. The Balaban J connectivity index is 0.788. The number of fused-ring (bicyclic) bond motifs is 5. The van der Waals surface area contributed by atoms with Crippen molar-refractivity contribution in [3.8, 4) is 11.4 Å². The van der Waals surface area contributed by atoms with E-state index in [0.717, 1.165) is 4.90 Å². The molecule has 1 saturated heterocycles. The summed E-state index contributed by atoms with van der Waals surface area (Å²) in [4.78, 5) is 184. The van der Waals surface area contributed by atoms with Crippen LogP contribution in [0.1, 0.15) is 143 Å². The fourth-order valence-electron chi connectivity index (χ4n) is 14.2. The Labute approximate surface area is 636 Å². The van der Waals surface area contributed by atoms with Crippen LogP contribution in [-0.2, 0) is 98.7 Å². The highest BCUT2D eigenvalue weighted by atomic mass is 19.1. The second-order valence-electron chi connectivity index (χ2n) is 28.4. The molecule has 111 heavy (non-hydrogen) atoms. The van der Waals surface area contributed by atoms with Crippen LogP contribution in [0.3, 0.4) is 0 Å². The van der Waals surface area contributed by atoms with E-state index in [0.29, 0.717) is 107 Å². The third-order valence-electron chi connectivity index (χ3n) is 20.3. The summed E-state index contributed by atoms with van der Waals surface area (Å²) in [5.41, 5.74) is 7.29. The van der Waals surface area contributed by atoms with Crippen LogP contribution in [0.2, 0.25) is 0 Å². The number of cyclic esters (lactones) is 1. The Morgan fingerprint density at radius 2 is 1.41 bits per heavy atom. The molecular formula is C74H96FN15O21. The number of imide groups is 1. The molecule has 0 radical (unpaired) electrons. The number of aryl methyl sites for hydroxylation is 1. The monoisotopic (exact) mass is 1550 g/mol. The smallest absolute Gasteiger partial charge is 0.407 e. The van der Waals surface area contributed by atoms with Gasteiger partial charge in [-0.3, -0.25) is 57.6 Å². The number of carboxylic acids is 1. The van der Waals surface area contributed by atoms with Gasteiger partial charge in [0.05, 0.1) is 79.3 Å². The van der Waals surface area contributed by atoms with Crippen LogP contribution >= 0.6 is 0 Å². The van der Waals surface area contributed by atoms with E-state index in [1.54, 1.807) is 51.1 Å². The Morgan fingerprint density at radius 3 is 2.07 bits per heavy atom. The predicted molar refractivity (Wildman–Crippen MR) is 392 cm³/mol. The van der Waals surface area contributed by atoms with Crippen LogP contribution in [-0.4, -0.2) is 213 Å². The lowest BCUT2D eigenvalue weighted by Gasteiger charge is -2.33. The number of nitrogens with zero attached hydrogens (tertiary/aromatic N) is 3. The molecule has 6 heterocycles. The fourth-order valence-corrected chi connectivity index (χ4v) is 14.2. The van der Waals surface area contributed by atoms with Crippen LogP contribution in [0.4, 0.5) is 19.7 Å². The predicted octanol–water partition coefficient (Wildman–Crippen LogP) is -0.916. The van der Waals surface area contributed by atoms with Gasteiger partial charge < -0.3 is 103 Å². The van der Waals surface area contributed by atoms with E-state index in [1.165, 1.54) is 22.8 Å². The van der Waals surface area contributed by atoms with Crippen molar-refractivity contribution in [1.82, 2.24) is 67.6 Å². The summed E-state index contributed by atoms with van der Waals surface area (Å²) < 4.78 is 33.8. The number of hydrogen-bond donors (Lipinski definition) is 16. The highest BCUT2D eigenvalue weighted by Gasteiger charge is 2.47. The SMILES string of the molecule is CC[C@@]1(O)C(=O)OCc2c1cc1n(c2=O)Cc2c-1nc1cc(F)c(C)c3c1c2[C@@H](NC(=O)OCc1ccc(NC(=O)[C@@H](CCCNC(N)=O)N[C@@H](C)[C@H](NC(=O)[C@H](CCC(=O)NC[C@H]2O[C@@H](CC(=O)NCC(=O)NCC(=O)NCC(=O)NCC(=O)O)[C@H](O)[C@@H]2O)NCCCCCCN2C(=O)C=CC2=O)C(C)C)cc1)CC3. The Bertz CT molecular complexity index is 4310. The van der Waals surface area contributed by atoms with Crippen molar-refractivity contribution < 1.29 is 101 Å². The minimum Gasteiger partial charge on any atom is -0.480 e. The maximum Gasteiger partial charge on any atom is 0.407 e. The molecule has 4 aromatic rings. The molecule has 12 amide bonds. The van der Waals surface area contributed by atoms with Gasteiger partial charge in [-0.1, -0.05) is 45.7 Å². The topological polar surface area (TPSA) is 527 Å². The molecule has 0 spiro atoms. The van der Waals surface area contributed by atoms with Crippen LogP contribution in [0, 0.1) is 18.7 Å². The first-order valence-electron chi connectivity index (χ1n) is 36.9. The molecule has 2 aromatic carbocycles. The van der Waals surface area contributed by atoms with E-state index in [-0.39, 0.29) is 93.9 Å². The summed E-state index contributed by atoms with van der Waals surface area (Å²) in [6.07, 6.45) is -1.24. The number of unbranched alkanes of at least 4 members (excludes halogenated alkanes) is 3. The molecule has 5 aliphatic rings. The van der Waals surface area contributed by atoms with Crippen molar-refractivity contribution >= 4 is 93.8 Å². The number of carbonyl (C=O) groups excluding carboxylic acids is 12. The number of aliphatic hydroxyl groups is 3. The van der Waals surface area contributed by atoms with Crippen molar-refractivity contribution in [1.29, 1.82) is 0 Å². The van der Waals surface area contributed by atoms with E-state index in [1.807, 2.05) is 19.2 Å². The van der Waals surface area contributed by atoms with Gasteiger partial charge in [0.1, 0.15) is 43.9 Å². The van der Waals surface area contributed by atoms with Gasteiger partial charge in [0.2, 0.25) is 41.4 Å². The molecule has 37 heteroatoms. The molecule has 0 saturated carbocycles. The van der Waals surface area contributed by atoms with Gasteiger partial charge in [-0.25, -0.2) is 23.8 Å². The van der Waals surface area contributed by atoms with E-state index in [9.17, 15) is 82.4 Å². The third-order valence-corrected chi connectivity index (χ3v) is 20.3. The molecule has 600 valence electrons. The zero-order valence-electron chi connectivity index (χ0n) is 62.2. The standard InChI is InChI=1S/C74H96FN15O21/c1-6-74(108)45-26-51-65-43(34-90(51)70(104)44(45)36-109-71(74)105)63-47(18-17-42-38(4)46(75)27-50(86-65)62(42)63)87-73(107)110-35-40-13-15-41(16-14-40)85-69(103)49(12-11-24-78-72(76)106)84-39(5)64(37(2)3)88-68(102)48(77-23-9-7-8-10-25-89-59(96)21-22-60(89)97)19-20-54(91)79-29-53-67(101)66(100)52(111-53)28-55(92)80-30-56(93)81-31-57(94)82-32-58(95)83-33-61(98)99/h13-16,21-22,26-27,37,39,47-49,52-53,64,66-67,77,84,100-101,108H,6-12,17-20,23-25,28-36H2,1-5H3,(H,79,91)(H,80,92)(H,81,93)(H,82,94)(H,83,95)(H,85,103)(H,87,107)(H,88,102)(H,98,99)(H3,76,78,106)/t39-,47-,48-,49+,52-,53+,64+,66-,67+,74-/m0/s1. The highest BCUT2D eigenvalue weighted by molar-refractivity contribution is 6.13. The van der Waals surface area contributed by atoms with Crippen LogP contribution in [0.25, 0.3) is 22.3 Å². The van der Waals surface area contributed by atoms with E-state index in [4.69, 9.17) is 30.0 Å². The average Bonchev–Trinajstić information content (AvgIpc) is 1.56. The number of rotatable bonds is 39. The lowest BCUT2D eigenvalue weighted by Crippen LogP contribution is -2.58. The third kappa shape index (κ3) is 21.4. The number of anilines is 1. The number of aromatic nitrogens is 2.